The van der Waals surface area contributed by atoms with E-state index in [-0.39, 0.29) is 11.2 Å². The van der Waals surface area contributed by atoms with Gasteiger partial charge in [0.05, 0.1) is 10.9 Å². The number of amidine groups is 1. The number of carbonyl (C=O) groups is 1. The minimum absolute atomic E-state index is 0.0464. The van der Waals surface area contributed by atoms with E-state index in [1.165, 1.54) is 0 Å². The van der Waals surface area contributed by atoms with Gasteiger partial charge in [-0.25, -0.2) is 4.99 Å². The fourth-order valence-electron chi connectivity index (χ4n) is 1.70. The number of fused-ring (bicyclic) bond motifs is 2. The zero-order chi connectivity index (χ0) is 10.4. The largest absolute Gasteiger partial charge is 0.313 e. The zero-order valence-electron chi connectivity index (χ0n) is 7.66. The molecule has 3 rings (SSSR count). The third kappa shape index (κ3) is 1.54. The lowest BCUT2D eigenvalue weighted by molar-refractivity contribution is -0.118. The van der Waals surface area contributed by atoms with Gasteiger partial charge in [0, 0.05) is 16.3 Å². The summed E-state index contributed by atoms with van der Waals surface area (Å²) in [6.45, 7) is 0. The van der Waals surface area contributed by atoms with E-state index < -0.39 is 0 Å². The van der Waals surface area contributed by atoms with Crippen molar-refractivity contribution in [3.8, 4) is 0 Å². The molecule has 0 radical (unpaired) electrons. The van der Waals surface area contributed by atoms with Crippen LogP contribution in [0.25, 0.3) is 0 Å². The Balaban J connectivity index is 2.07. The van der Waals surface area contributed by atoms with Crippen LogP contribution in [0.15, 0.2) is 28.1 Å². The van der Waals surface area contributed by atoms with Crippen molar-refractivity contribution in [1.82, 2.24) is 5.32 Å². The molecular formula is C10H7ClN2OS. The van der Waals surface area contributed by atoms with Crippen LogP contribution in [0, 0.1) is 0 Å². The Morgan fingerprint density at radius 2 is 2.40 bits per heavy atom. The topological polar surface area (TPSA) is 41.5 Å². The molecule has 0 aliphatic carbocycles. The summed E-state index contributed by atoms with van der Waals surface area (Å²) in [5.74, 6) is 0.810. The third-order valence-corrected chi connectivity index (χ3v) is 3.88. The summed E-state index contributed by atoms with van der Waals surface area (Å²) in [6, 6.07) is 5.61. The number of nitrogens with one attached hydrogen (secondary N) is 1. The zero-order valence-corrected chi connectivity index (χ0v) is 9.23. The molecule has 1 N–H and O–H groups in total. The van der Waals surface area contributed by atoms with Crippen LogP contribution in [0.3, 0.4) is 0 Å². The molecule has 0 aromatic heterocycles. The summed E-state index contributed by atoms with van der Waals surface area (Å²) in [5.41, 5.74) is 0.848. The first-order valence-electron chi connectivity index (χ1n) is 4.57. The van der Waals surface area contributed by atoms with Crippen molar-refractivity contribution < 1.29 is 4.79 Å². The van der Waals surface area contributed by atoms with Gasteiger partial charge in [-0.05, 0) is 18.2 Å². The molecule has 1 fully saturated rings. The molecular weight excluding hydrogens is 232 g/mol. The second kappa shape index (κ2) is 3.25. The summed E-state index contributed by atoms with van der Waals surface area (Å²) in [7, 11) is 0. The minimum atomic E-state index is 0.0464. The molecule has 1 aromatic carbocycles. The summed E-state index contributed by atoms with van der Waals surface area (Å²) < 4.78 is 0. The van der Waals surface area contributed by atoms with Crippen LogP contribution in [0.1, 0.15) is 6.42 Å². The van der Waals surface area contributed by atoms with Crippen LogP contribution in [0.2, 0.25) is 5.02 Å². The van der Waals surface area contributed by atoms with Crippen LogP contribution >= 0.6 is 23.4 Å². The van der Waals surface area contributed by atoms with E-state index in [0.29, 0.717) is 11.4 Å². The lowest BCUT2D eigenvalue weighted by Crippen LogP contribution is -2.24. The van der Waals surface area contributed by atoms with Crippen molar-refractivity contribution in [3.63, 3.8) is 0 Å². The first-order chi connectivity index (χ1) is 7.22. The number of thioether (sulfide) groups is 1. The fraction of sp³-hybridized carbons (Fsp3) is 0.200. The van der Waals surface area contributed by atoms with Crippen LogP contribution < -0.4 is 5.32 Å². The molecule has 76 valence electrons. The van der Waals surface area contributed by atoms with Gasteiger partial charge in [-0.15, -0.1) is 11.8 Å². The molecule has 15 heavy (non-hydrogen) atoms. The minimum Gasteiger partial charge on any atom is -0.313 e. The highest BCUT2D eigenvalue weighted by Crippen LogP contribution is 2.41. The molecule has 1 atom stereocenters. The highest BCUT2D eigenvalue weighted by Gasteiger charge is 2.32. The highest BCUT2D eigenvalue weighted by molar-refractivity contribution is 8.01. The number of halogens is 1. The number of rotatable bonds is 0. The van der Waals surface area contributed by atoms with E-state index >= 15 is 0 Å². The maximum absolute atomic E-state index is 11.2. The fourth-order valence-corrected chi connectivity index (χ4v) is 3.00. The van der Waals surface area contributed by atoms with Gasteiger partial charge in [-0.1, -0.05) is 11.6 Å². The van der Waals surface area contributed by atoms with Crippen molar-refractivity contribution in [2.24, 2.45) is 4.99 Å². The Kier molecular flexibility index (Phi) is 2.00. The third-order valence-electron chi connectivity index (χ3n) is 2.37. The Labute approximate surface area is 95.9 Å². The number of aliphatic imine (C=N–C) groups is 1. The Morgan fingerprint density at radius 1 is 1.53 bits per heavy atom. The Bertz CT molecular complexity index is 486. The molecule has 0 spiro atoms. The SMILES string of the molecule is O=C1C[C@H]2Sc3ccc(Cl)cc3N=C2N1. The Morgan fingerprint density at radius 3 is 3.27 bits per heavy atom. The summed E-state index contributed by atoms with van der Waals surface area (Å²) in [6.07, 6.45) is 0.519. The molecule has 1 aromatic rings. The second-order valence-electron chi connectivity index (χ2n) is 3.47. The highest BCUT2D eigenvalue weighted by atomic mass is 35.5. The average Bonchev–Trinajstić information content (AvgIpc) is 2.53. The van der Waals surface area contributed by atoms with Crippen LogP contribution in [0.4, 0.5) is 5.69 Å². The number of benzene rings is 1. The first-order valence-corrected chi connectivity index (χ1v) is 5.83. The van der Waals surface area contributed by atoms with E-state index in [0.717, 1.165) is 16.4 Å². The first kappa shape index (κ1) is 9.24. The quantitative estimate of drug-likeness (QED) is 0.754. The maximum atomic E-state index is 11.2. The summed E-state index contributed by atoms with van der Waals surface area (Å²) in [5, 5.41) is 3.59. The number of hydrogen-bond acceptors (Lipinski definition) is 3. The summed E-state index contributed by atoms with van der Waals surface area (Å²) in [4.78, 5) is 16.7. The van der Waals surface area contributed by atoms with Crippen molar-refractivity contribution >= 4 is 40.8 Å². The van der Waals surface area contributed by atoms with Gasteiger partial charge in [0.1, 0.15) is 5.84 Å². The van der Waals surface area contributed by atoms with Gasteiger partial charge >= 0.3 is 0 Å². The van der Waals surface area contributed by atoms with Gasteiger partial charge in [-0.3, -0.25) is 4.79 Å². The normalized spacial score (nSPS) is 22.9. The maximum Gasteiger partial charge on any atom is 0.226 e. The molecule has 2 aliphatic rings. The Hall–Kier alpha value is -1.00. The van der Waals surface area contributed by atoms with E-state index in [4.69, 9.17) is 11.6 Å². The van der Waals surface area contributed by atoms with E-state index in [1.54, 1.807) is 11.8 Å². The molecule has 0 saturated carbocycles. The standard InChI is InChI=1S/C10H7ClN2OS/c11-5-1-2-7-6(3-5)12-10-8(15-7)4-9(14)13-10/h1-3,8H,4H2,(H,12,13,14)/t8-/m1/s1. The van der Waals surface area contributed by atoms with Crippen molar-refractivity contribution in [3.05, 3.63) is 23.2 Å². The van der Waals surface area contributed by atoms with Gasteiger partial charge < -0.3 is 5.32 Å². The lowest BCUT2D eigenvalue weighted by Gasteiger charge is -2.17. The second-order valence-corrected chi connectivity index (χ2v) is 5.15. The molecule has 3 nitrogen and oxygen atoms in total. The van der Waals surface area contributed by atoms with Crippen molar-refractivity contribution in [1.29, 1.82) is 0 Å². The van der Waals surface area contributed by atoms with Crippen LogP contribution in [-0.4, -0.2) is 17.0 Å². The molecule has 1 saturated heterocycles. The van der Waals surface area contributed by atoms with E-state index in [2.05, 4.69) is 10.3 Å². The smallest absolute Gasteiger partial charge is 0.226 e. The lowest BCUT2D eigenvalue weighted by atomic mass is 10.3. The van der Waals surface area contributed by atoms with Gasteiger partial charge in [0.15, 0.2) is 0 Å². The molecule has 2 heterocycles. The molecule has 0 unspecified atom stereocenters. The number of amides is 1. The summed E-state index contributed by atoms with van der Waals surface area (Å²) >= 11 is 7.55. The van der Waals surface area contributed by atoms with E-state index in [1.807, 2.05) is 18.2 Å². The van der Waals surface area contributed by atoms with Gasteiger partial charge in [-0.2, -0.15) is 0 Å². The molecule has 0 bridgehead atoms. The number of hydrogen-bond donors (Lipinski definition) is 1. The van der Waals surface area contributed by atoms with Crippen LogP contribution in [0.5, 0.6) is 0 Å². The average molecular weight is 239 g/mol. The van der Waals surface area contributed by atoms with Crippen molar-refractivity contribution in [2.75, 3.05) is 0 Å². The number of carbonyl (C=O) groups excluding carboxylic acids is 1. The molecule has 5 heteroatoms. The molecule has 2 aliphatic heterocycles. The predicted molar refractivity (Wildman–Crippen MR) is 61.0 cm³/mol. The monoisotopic (exact) mass is 238 g/mol. The molecule has 1 amide bonds. The number of nitrogens with zero attached hydrogens (tertiary/aromatic N) is 1. The van der Waals surface area contributed by atoms with Gasteiger partial charge in [0.25, 0.3) is 0 Å². The predicted octanol–water partition coefficient (Wildman–Crippen LogP) is 2.36. The van der Waals surface area contributed by atoms with E-state index in [9.17, 15) is 4.79 Å². The van der Waals surface area contributed by atoms with Crippen molar-refractivity contribution in [2.45, 2.75) is 16.6 Å². The van der Waals surface area contributed by atoms with Crippen LogP contribution in [-0.2, 0) is 4.79 Å². The van der Waals surface area contributed by atoms with Gasteiger partial charge in [0.2, 0.25) is 5.91 Å².